The molecule has 0 aromatic carbocycles. The van der Waals surface area contributed by atoms with Gasteiger partial charge in [-0.3, -0.25) is 14.4 Å². The van der Waals surface area contributed by atoms with Gasteiger partial charge in [0.1, 0.15) is 13.2 Å². The highest BCUT2D eigenvalue weighted by atomic mass is 16.6. The molecule has 0 rings (SSSR count). The van der Waals surface area contributed by atoms with E-state index in [0.717, 1.165) is 70.6 Å². The maximum atomic E-state index is 12.8. The van der Waals surface area contributed by atoms with Gasteiger partial charge in [-0.05, 0) is 64.2 Å². The molecule has 0 saturated heterocycles. The van der Waals surface area contributed by atoms with Crippen molar-refractivity contribution in [2.45, 2.75) is 245 Å². The molecule has 0 aliphatic rings. The molecule has 6 nitrogen and oxygen atoms in total. The molecule has 0 fully saturated rings. The number of allylic oxidation sites excluding steroid dienone is 12. The third-order valence-corrected chi connectivity index (χ3v) is 10.8. The minimum atomic E-state index is -0.792. The van der Waals surface area contributed by atoms with Gasteiger partial charge in [-0.15, -0.1) is 0 Å². The van der Waals surface area contributed by atoms with E-state index < -0.39 is 6.10 Å². The maximum Gasteiger partial charge on any atom is 0.306 e. The molecule has 0 N–H and O–H groups in total. The van der Waals surface area contributed by atoms with Crippen LogP contribution in [0.3, 0.4) is 0 Å². The third kappa shape index (κ3) is 47.7. The van der Waals surface area contributed by atoms with Crippen LogP contribution in [0.4, 0.5) is 0 Å². The molecule has 0 aromatic heterocycles. The predicted molar refractivity (Wildman–Crippen MR) is 261 cm³/mol. The summed E-state index contributed by atoms with van der Waals surface area (Å²) in [4.78, 5) is 37.9. The van der Waals surface area contributed by atoms with Crippen LogP contribution < -0.4 is 0 Å². The summed E-state index contributed by atoms with van der Waals surface area (Å²) in [6.45, 7) is 6.44. The summed E-state index contributed by atoms with van der Waals surface area (Å²) in [5.41, 5.74) is 0. The van der Waals surface area contributed by atoms with E-state index in [4.69, 9.17) is 14.2 Å². The molecule has 6 heteroatoms. The van der Waals surface area contributed by atoms with Crippen molar-refractivity contribution in [1.29, 1.82) is 0 Å². The first kappa shape index (κ1) is 57.9. The van der Waals surface area contributed by atoms with Crippen molar-refractivity contribution in [1.82, 2.24) is 0 Å². The molecule has 0 aliphatic heterocycles. The minimum Gasteiger partial charge on any atom is -0.462 e. The molecule has 0 amide bonds. The number of rotatable bonds is 45. The molecule has 0 saturated carbocycles. The molecule has 0 spiro atoms. The molecule has 350 valence electrons. The summed E-state index contributed by atoms with van der Waals surface area (Å²) in [5, 5.41) is 0. The zero-order chi connectivity index (χ0) is 44.4. The van der Waals surface area contributed by atoms with Crippen molar-refractivity contribution in [3.8, 4) is 0 Å². The molecular weight excluding hydrogens is 757 g/mol. The molecule has 61 heavy (non-hydrogen) atoms. The normalized spacial score (nSPS) is 12.6. The van der Waals surface area contributed by atoms with Crippen LogP contribution in [-0.2, 0) is 28.6 Å². The second-order valence-corrected chi connectivity index (χ2v) is 16.8. The van der Waals surface area contributed by atoms with E-state index in [1.54, 1.807) is 0 Å². The van der Waals surface area contributed by atoms with Crippen molar-refractivity contribution in [2.75, 3.05) is 13.2 Å². The molecule has 1 atom stereocenters. The van der Waals surface area contributed by atoms with Crippen molar-refractivity contribution < 1.29 is 28.6 Å². The van der Waals surface area contributed by atoms with Crippen LogP contribution in [0.2, 0.25) is 0 Å². The summed E-state index contributed by atoms with van der Waals surface area (Å²) in [6, 6.07) is 0. The van der Waals surface area contributed by atoms with Crippen molar-refractivity contribution in [2.24, 2.45) is 0 Å². The number of ether oxygens (including phenoxy) is 3. The fourth-order valence-corrected chi connectivity index (χ4v) is 6.99. The van der Waals surface area contributed by atoms with E-state index in [1.807, 2.05) is 48.6 Å². The second kappa shape index (κ2) is 49.5. The monoisotopic (exact) mass is 851 g/mol. The Bertz CT molecular complexity index is 1160. The van der Waals surface area contributed by atoms with Crippen molar-refractivity contribution in [3.05, 3.63) is 72.9 Å². The molecular formula is C55H94O6. The van der Waals surface area contributed by atoms with Gasteiger partial charge in [-0.1, -0.05) is 229 Å². The average molecular weight is 851 g/mol. The summed E-state index contributed by atoms with van der Waals surface area (Å²) in [5.74, 6) is -0.935. The molecule has 0 aromatic rings. The molecule has 0 heterocycles. The lowest BCUT2D eigenvalue weighted by molar-refractivity contribution is -0.167. The van der Waals surface area contributed by atoms with Crippen molar-refractivity contribution in [3.63, 3.8) is 0 Å². The maximum absolute atomic E-state index is 12.8. The topological polar surface area (TPSA) is 78.9 Å². The largest absolute Gasteiger partial charge is 0.462 e. The van der Waals surface area contributed by atoms with E-state index in [0.29, 0.717) is 19.3 Å². The van der Waals surface area contributed by atoms with Crippen LogP contribution in [-0.4, -0.2) is 37.2 Å². The Balaban J connectivity index is 4.46. The average Bonchev–Trinajstić information content (AvgIpc) is 3.26. The van der Waals surface area contributed by atoms with E-state index in [2.05, 4.69) is 45.1 Å². The quantitative estimate of drug-likeness (QED) is 0.0200. The van der Waals surface area contributed by atoms with Gasteiger partial charge < -0.3 is 14.2 Å². The van der Waals surface area contributed by atoms with Crippen LogP contribution in [0.5, 0.6) is 0 Å². The van der Waals surface area contributed by atoms with Gasteiger partial charge in [-0.2, -0.15) is 0 Å². The zero-order valence-electron chi connectivity index (χ0n) is 39.9. The number of hydrogen-bond donors (Lipinski definition) is 0. The van der Waals surface area contributed by atoms with Crippen LogP contribution in [0.25, 0.3) is 0 Å². The van der Waals surface area contributed by atoms with E-state index in [9.17, 15) is 14.4 Å². The van der Waals surface area contributed by atoms with Gasteiger partial charge in [0.25, 0.3) is 0 Å². The highest BCUT2D eigenvalue weighted by Crippen LogP contribution is 2.15. The van der Waals surface area contributed by atoms with E-state index >= 15 is 0 Å². The SMILES string of the molecule is CC\C=C/C=C\C=C/C=C\C=C/CCCCCC(=O)OCC(COC(=O)CCCCCCCCCCCCCCC)OC(=O)CCCCCCCCC/C=C\CCCCCC. The fraction of sp³-hybridized carbons (Fsp3) is 0.727. The number of unbranched alkanes of at least 4 members (excludes halogenated alkanes) is 26. The number of carbonyl (C=O) groups is 3. The first-order valence-corrected chi connectivity index (χ1v) is 25.5. The van der Waals surface area contributed by atoms with Crippen molar-refractivity contribution >= 4 is 17.9 Å². The number of carbonyl (C=O) groups excluding carboxylic acids is 3. The fourth-order valence-electron chi connectivity index (χ4n) is 6.99. The number of esters is 3. The van der Waals surface area contributed by atoms with E-state index in [-0.39, 0.29) is 31.1 Å². The van der Waals surface area contributed by atoms with Gasteiger partial charge >= 0.3 is 17.9 Å². The number of hydrogen-bond acceptors (Lipinski definition) is 6. The first-order chi connectivity index (χ1) is 30.0. The summed E-state index contributed by atoms with van der Waals surface area (Å²) in [7, 11) is 0. The Hall–Kier alpha value is -3.15. The van der Waals surface area contributed by atoms with Crippen LogP contribution in [0, 0.1) is 0 Å². The smallest absolute Gasteiger partial charge is 0.306 e. The van der Waals surface area contributed by atoms with Gasteiger partial charge in [0.15, 0.2) is 6.10 Å². The Kier molecular flexibility index (Phi) is 46.9. The molecule has 1 unspecified atom stereocenters. The van der Waals surface area contributed by atoms with Gasteiger partial charge in [0, 0.05) is 19.3 Å². The summed E-state index contributed by atoms with van der Waals surface area (Å²) >= 11 is 0. The minimum absolute atomic E-state index is 0.0894. The molecule has 0 radical (unpaired) electrons. The Morgan fingerprint density at radius 3 is 1.08 bits per heavy atom. The van der Waals surface area contributed by atoms with E-state index in [1.165, 1.54) is 128 Å². The van der Waals surface area contributed by atoms with Gasteiger partial charge in [0.05, 0.1) is 0 Å². The third-order valence-electron chi connectivity index (χ3n) is 10.8. The lowest BCUT2D eigenvalue weighted by atomic mass is 10.0. The highest BCUT2D eigenvalue weighted by Gasteiger charge is 2.19. The lowest BCUT2D eigenvalue weighted by Gasteiger charge is -2.18. The highest BCUT2D eigenvalue weighted by molar-refractivity contribution is 5.71. The Morgan fingerprint density at radius 1 is 0.344 bits per heavy atom. The van der Waals surface area contributed by atoms with Gasteiger partial charge in [0.2, 0.25) is 0 Å². The van der Waals surface area contributed by atoms with Crippen LogP contribution in [0.1, 0.15) is 239 Å². The molecule has 0 bridgehead atoms. The Labute approximate surface area is 376 Å². The van der Waals surface area contributed by atoms with Crippen LogP contribution in [0.15, 0.2) is 72.9 Å². The van der Waals surface area contributed by atoms with Crippen LogP contribution >= 0.6 is 0 Å². The lowest BCUT2D eigenvalue weighted by Crippen LogP contribution is -2.30. The standard InChI is InChI=1S/C55H94O6/c1-4-7-10-13-16-19-22-25-27-30-33-36-39-42-45-48-54(57)60-51-52(50-59-53(56)47-44-41-38-35-32-29-24-21-18-15-12-9-6-3)61-55(58)49-46-43-40-37-34-31-28-26-23-20-17-14-11-8-5-2/h7,10,13,16,19-20,22-23,25,27,30,33,52H,4-6,8-9,11-12,14-15,17-18,21,24,26,28-29,31-32,34-51H2,1-3H3/b10-7-,16-13-,22-19-,23-20-,27-25-,33-30-. The summed E-state index contributed by atoms with van der Waals surface area (Å²) < 4.78 is 16.8. The summed E-state index contributed by atoms with van der Waals surface area (Å²) in [6.07, 6.45) is 61.6. The Morgan fingerprint density at radius 2 is 0.656 bits per heavy atom. The van der Waals surface area contributed by atoms with Gasteiger partial charge in [-0.25, -0.2) is 0 Å². The molecule has 0 aliphatic carbocycles. The first-order valence-electron chi connectivity index (χ1n) is 25.5. The second-order valence-electron chi connectivity index (χ2n) is 16.8. The predicted octanol–water partition coefficient (Wildman–Crippen LogP) is 16.6. The zero-order valence-corrected chi connectivity index (χ0v) is 39.9.